The molecule has 0 radical (unpaired) electrons. The third-order valence-corrected chi connectivity index (χ3v) is 1.94. The molecular formula is C8H11F3N2O. The highest BCUT2D eigenvalue weighted by molar-refractivity contribution is 4.91. The summed E-state index contributed by atoms with van der Waals surface area (Å²) >= 11 is 0. The lowest BCUT2D eigenvalue weighted by Gasteiger charge is -2.13. The van der Waals surface area contributed by atoms with E-state index in [0.717, 1.165) is 0 Å². The van der Waals surface area contributed by atoms with E-state index in [1.807, 2.05) is 0 Å². The summed E-state index contributed by atoms with van der Waals surface area (Å²) in [7, 11) is 1.70. The SMILES string of the molecule is Cn1ccnc1CC[C@@H](O)C(F)(F)F. The van der Waals surface area contributed by atoms with Gasteiger partial charge in [0.2, 0.25) is 0 Å². The molecule has 1 aromatic rings. The van der Waals surface area contributed by atoms with E-state index in [9.17, 15) is 13.2 Å². The lowest BCUT2D eigenvalue weighted by Crippen LogP contribution is -2.29. The van der Waals surface area contributed by atoms with Crippen LogP contribution in [0.3, 0.4) is 0 Å². The molecule has 0 fully saturated rings. The summed E-state index contributed by atoms with van der Waals surface area (Å²) in [6, 6.07) is 0. The zero-order valence-electron chi connectivity index (χ0n) is 7.62. The van der Waals surface area contributed by atoms with Crippen molar-refractivity contribution in [1.82, 2.24) is 9.55 Å². The van der Waals surface area contributed by atoms with Crippen LogP contribution in [0, 0.1) is 0 Å². The van der Waals surface area contributed by atoms with Crippen molar-refractivity contribution in [3.8, 4) is 0 Å². The number of aromatic nitrogens is 2. The van der Waals surface area contributed by atoms with Gasteiger partial charge in [-0.25, -0.2) is 4.98 Å². The van der Waals surface area contributed by atoms with Crippen molar-refractivity contribution in [2.45, 2.75) is 25.1 Å². The Labute approximate surface area is 79.2 Å². The number of hydrogen-bond acceptors (Lipinski definition) is 2. The van der Waals surface area contributed by atoms with Crippen LogP contribution in [-0.2, 0) is 13.5 Å². The van der Waals surface area contributed by atoms with Gasteiger partial charge in [-0.2, -0.15) is 13.2 Å². The second kappa shape index (κ2) is 4.00. The van der Waals surface area contributed by atoms with Crippen LogP contribution in [-0.4, -0.2) is 26.9 Å². The van der Waals surface area contributed by atoms with Gasteiger partial charge in [0, 0.05) is 25.9 Å². The Hall–Kier alpha value is -1.04. The summed E-state index contributed by atoms with van der Waals surface area (Å²) in [5.41, 5.74) is 0. The van der Waals surface area contributed by atoms with Crippen LogP contribution in [0.1, 0.15) is 12.2 Å². The molecule has 1 atom stereocenters. The molecule has 0 unspecified atom stereocenters. The quantitative estimate of drug-likeness (QED) is 0.812. The van der Waals surface area contributed by atoms with Gasteiger partial charge in [-0.3, -0.25) is 0 Å². The van der Waals surface area contributed by atoms with Crippen molar-refractivity contribution in [1.29, 1.82) is 0 Å². The first kappa shape index (κ1) is 11.0. The van der Waals surface area contributed by atoms with Crippen molar-refractivity contribution in [3.05, 3.63) is 18.2 Å². The summed E-state index contributed by atoms with van der Waals surface area (Å²) in [5, 5.41) is 8.71. The molecular weight excluding hydrogens is 197 g/mol. The second-order valence-electron chi connectivity index (χ2n) is 3.05. The van der Waals surface area contributed by atoms with Crippen LogP contribution in [0.2, 0.25) is 0 Å². The monoisotopic (exact) mass is 208 g/mol. The Balaban J connectivity index is 2.46. The van der Waals surface area contributed by atoms with Crippen LogP contribution >= 0.6 is 0 Å². The van der Waals surface area contributed by atoms with Crippen molar-refractivity contribution < 1.29 is 18.3 Å². The molecule has 0 aliphatic rings. The van der Waals surface area contributed by atoms with E-state index in [1.165, 1.54) is 6.20 Å². The molecule has 1 N–H and O–H groups in total. The molecule has 3 nitrogen and oxygen atoms in total. The Morgan fingerprint density at radius 2 is 2.21 bits per heavy atom. The lowest BCUT2D eigenvalue weighted by molar-refractivity contribution is -0.205. The Morgan fingerprint density at radius 3 is 2.64 bits per heavy atom. The molecule has 1 rings (SSSR count). The first-order chi connectivity index (χ1) is 6.41. The Bertz CT molecular complexity index is 295. The zero-order valence-corrected chi connectivity index (χ0v) is 7.62. The summed E-state index contributed by atoms with van der Waals surface area (Å²) < 4.78 is 37.3. The number of alkyl halides is 3. The Kier molecular flexibility index (Phi) is 3.15. The van der Waals surface area contributed by atoms with Gasteiger partial charge in [-0.05, 0) is 6.42 Å². The number of rotatable bonds is 3. The van der Waals surface area contributed by atoms with Gasteiger partial charge in [0.25, 0.3) is 0 Å². The van der Waals surface area contributed by atoms with Crippen LogP contribution < -0.4 is 0 Å². The van der Waals surface area contributed by atoms with Crippen LogP contribution in [0.25, 0.3) is 0 Å². The molecule has 0 amide bonds. The van der Waals surface area contributed by atoms with Crippen LogP contribution in [0.4, 0.5) is 13.2 Å². The number of aliphatic hydroxyl groups excluding tert-OH is 1. The van der Waals surface area contributed by atoms with Gasteiger partial charge in [0.05, 0.1) is 0 Å². The standard InChI is InChI=1S/C8H11F3N2O/c1-13-5-4-12-7(13)3-2-6(14)8(9,10)11/h4-6,14H,2-3H2,1H3/t6-/m1/s1. The first-order valence-electron chi connectivity index (χ1n) is 4.12. The number of imidazole rings is 1. The van der Waals surface area contributed by atoms with Crippen molar-refractivity contribution in [2.24, 2.45) is 7.05 Å². The van der Waals surface area contributed by atoms with Crippen LogP contribution in [0.5, 0.6) is 0 Å². The largest absolute Gasteiger partial charge is 0.414 e. The maximum Gasteiger partial charge on any atom is 0.414 e. The highest BCUT2D eigenvalue weighted by Gasteiger charge is 2.37. The summed E-state index contributed by atoms with van der Waals surface area (Å²) in [6.45, 7) is 0. The minimum absolute atomic E-state index is 0.115. The lowest BCUT2D eigenvalue weighted by atomic mass is 10.2. The first-order valence-corrected chi connectivity index (χ1v) is 4.12. The normalized spacial score (nSPS) is 14.4. The third kappa shape index (κ3) is 2.73. The predicted octanol–water partition coefficient (Wildman–Crippen LogP) is 1.28. The maximum atomic E-state index is 11.9. The average Bonchev–Trinajstić information content (AvgIpc) is 2.45. The number of nitrogens with zero attached hydrogens (tertiary/aromatic N) is 2. The van der Waals surface area contributed by atoms with Gasteiger partial charge >= 0.3 is 6.18 Å². The minimum atomic E-state index is -4.54. The van der Waals surface area contributed by atoms with Gasteiger partial charge in [-0.15, -0.1) is 0 Å². The highest BCUT2D eigenvalue weighted by Crippen LogP contribution is 2.23. The topological polar surface area (TPSA) is 38.0 Å². The van der Waals surface area contributed by atoms with E-state index >= 15 is 0 Å². The number of halogens is 3. The highest BCUT2D eigenvalue weighted by atomic mass is 19.4. The summed E-state index contributed by atoms with van der Waals surface area (Å²) in [4.78, 5) is 3.85. The molecule has 0 aliphatic carbocycles. The molecule has 6 heteroatoms. The summed E-state index contributed by atoms with van der Waals surface area (Å²) in [5.74, 6) is 0.535. The second-order valence-corrected chi connectivity index (χ2v) is 3.05. The van der Waals surface area contributed by atoms with Crippen molar-refractivity contribution >= 4 is 0 Å². The van der Waals surface area contributed by atoms with E-state index in [2.05, 4.69) is 4.98 Å². The molecule has 0 saturated carbocycles. The van der Waals surface area contributed by atoms with Crippen molar-refractivity contribution in [3.63, 3.8) is 0 Å². The molecule has 1 aromatic heterocycles. The fourth-order valence-corrected chi connectivity index (χ4v) is 1.07. The maximum absolute atomic E-state index is 11.9. The zero-order chi connectivity index (χ0) is 10.8. The van der Waals surface area contributed by atoms with Crippen molar-refractivity contribution in [2.75, 3.05) is 0 Å². The average molecular weight is 208 g/mol. The molecule has 0 aliphatic heterocycles. The Morgan fingerprint density at radius 1 is 1.57 bits per heavy atom. The van der Waals surface area contributed by atoms with Gasteiger partial charge < -0.3 is 9.67 Å². The van der Waals surface area contributed by atoms with E-state index in [0.29, 0.717) is 5.82 Å². The molecule has 14 heavy (non-hydrogen) atoms. The molecule has 1 heterocycles. The number of aryl methyl sites for hydroxylation is 2. The predicted molar refractivity (Wildman–Crippen MR) is 43.6 cm³/mol. The summed E-state index contributed by atoms with van der Waals surface area (Å²) in [6.07, 6.45) is -3.88. The number of aliphatic hydroxyl groups is 1. The molecule has 0 aromatic carbocycles. The fourth-order valence-electron chi connectivity index (χ4n) is 1.07. The molecule has 0 saturated heterocycles. The molecule has 0 spiro atoms. The van der Waals surface area contributed by atoms with Gasteiger partial charge in [0.15, 0.2) is 0 Å². The fraction of sp³-hybridized carbons (Fsp3) is 0.625. The minimum Gasteiger partial charge on any atom is -0.384 e. The van der Waals surface area contributed by atoms with Crippen LogP contribution in [0.15, 0.2) is 12.4 Å². The van der Waals surface area contributed by atoms with E-state index in [-0.39, 0.29) is 12.8 Å². The van der Waals surface area contributed by atoms with Gasteiger partial charge in [-0.1, -0.05) is 0 Å². The number of hydrogen-bond donors (Lipinski definition) is 1. The molecule has 0 bridgehead atoms. The van der Waals surface area contributed by atoms with E-state index < -0.39 is 12.3 Å². The smallest absolute Gasteiger partial charge is 0.384 e. The van der Waals surface area contributed by atoms with Gasteiger partial charge in [0.1, 0.15) is 11.9 Å². The molecule has 80 valence electrons. The van der Waals surface area contributed by atoms with E-state index in [1.54, 1.807) is 17.8 Å². The third-order valence-electron chi connectivity index (χ3n) is 1.94. The van der Waals surface area contributed by atoms with E-state index in [4.69, 9.17) is 5.11 Å².